The van der Waals surface area contributed by atoms with Crippen LogP contribution in [0, 0.1) is 6.92 Å². The molecule has 0 spiro atoms. The number of aromatic nitrogens is 2. The minimum absolute atomic E-state index is 0.112. The highest BCUT2D eigenvalue weighted by atomic mass is 19.4. The molecule has 0 saturated heterocycles. The summed E-state index contributed by atoms with van der Waals surface area (Å²) < 4.78 is 70.9. The van der Waals surface area contributed by atoms with E-state index in [1.165, 1.54) is 19.1 Å². The van der Waals surface area contributed by atoms with Crippen molar-refractivity contribution in [2.24, 2.45) is 5.73 Å². The lowest BCUT2D eigenvalue weighted by molar-refractivity contribution is -0.192. The number of aliphatic carboxylic acids is 1. The molecule has 0 aliphatic rings. The number of carbonyl (C=O) groups is 3. The summed E-state index contributed by atoms with van der Waals surface area (Å²) in [4.78, 5) is 32.6. The second-order valence-electron chi connectivity index (χ2n) is 8.01. The Hall–Kier alpha value is -4.36. The van der Waals surface area contributed by atoms with Gasteiger partial charge in [-0.1, -0.05) is 24.3 Å². The summed E-state index contributed by atoms with van der Waals surface area (Å²) in [6.07, 6.45) is -7.08. The third-order valence-corrected chi connectivity index (χ3v) is 5.07. The number of carbonyl (C=O) groups excluding carboxylic acids is 2. The minimum Gasteiger partial charge on any atom is -0.475 e. The Balaban J connectivity index is 0.000000638. The number of amides is 2. The Bertz CT molecular complexity index is 1300. The van der Waals surface area contributed by atoms with Crippen molar-refractivity contribution in [2.45, 2.75) is 38.5 Å². The maximum atomic E-state index is 13.1. The summed E-state index contributed by atoms with van der Waals surface area (Å²) in [5.74, 6) is -3.76. The molecule has 1 aromatic heterocycles. The van der Waals surface area contributed by atoms with Gasteiger partial charge in [0.1, 0.15) is 5.69 Å². The van der Waals surface area contributed by atoms with Crippen LogP contribution in [0.5, 0.6) is 0 Å². The monoisotopic (exact) mass is 544 g/mol. The molecule has 3 rings (SSSR count). The summed E-state index contributed by atoms with van der Waals surface area (Å²) in [5.41, 5.74) is 7.35. The lowest BCUT2D eigenvalue weighted by Crippen LogP contribution is -2.21. The number of primary amides is 1. The van der Waals surface area contributed by atoms with Crippen molar-refractivity contribution in [1.29, 1.82) is 0 Å². The van der Waals surface area contributed by atoms with Gasteiger partial charge in [0.25, 0.3) is 5.91 Å². The summed E-state index contributed by atoms with van der Waals surface area (Å²) in [7, 11) is 0. The summed E-state index contributed by atoms with van der Waals surface area (Å²) >= 11 is 0. The van der Waals surface area contributed by atoms with E-state index in [-0.39, 0.29) is 23.2 Å². The van der Waals surface area contributed by atoms with Gasteiger partial charge in [-0.3, -0.25) is 14.7 Å². The van der Waals surface area contributed by atoms with E-state index in [0.29, 0.717) is 24.1 Å². The second-order valence-corrected chi connectivity index (χ2v) is 8.01. The van der Waals surface area contributed by atoms with Gasteiger partial charge in [0.15, 0.2) is 0 Å². The highest BCUT2D eigenvalue weighted by molar-refractivity contribution is 5.92. The largest absolute Gasteiger partial charge is 0.490 e. The molecular weight excluding hydrogens is 522 g/mol. The molecule has 0 unspecified atom stereocenters. The standard InChI is InChI=1S/C22H21F3N4O2.C2HF3O2/c1-13-5-6-15(10-18(13)22(23,24)25)11-19(30)28-17-4-2-3-14(9-17)7-8-16-12-27-29-20(16)21(26)31;3-2(4,5)1(6)7/h2-6,9-10,12H,7-8,11H2,1H3,(H2,26,31)(H,27,29)(H,28,30);(H,6,7). The number of halogens is 6. The molecule has 0 fully saturated rings. The number of alkyl halides is 6. The molecule has 2 amide bonds. The smallest absolute Gasteiger partial charge is 0.475 e. The first kappa shape index (κ1) is 29.9. The fourth-order valence-corrected chi connectivity index (χ4v) is 3.27. The predicted molar refractivity (Wildman–Crippen MR) is 123 cm³/mol. The number of H-pyrrole nitrogens is 1. The maximum absolute atomic E-state index is 13.1. The van der Waals surface area contributed by atoms with Gasteiger partial charge in [0, 0.05) is 11.3 Å². The van der Waals surface area contributed by atoms with Crippen LogP contribution in [-0.2, 0) is 35.0 Å². The highest BCUT2D eigenvalue weighted by Gasteiger charge is 2.38. The molecule has 0 radical (unpaired) electrons. The molecule has 0 atom stereocenters. The second kappa shape index (κ2) is 12.3. The molecule has 3 aromatic rings. The molecule has 14 heteroatoms. The Labute approximate surface area is 211 Å². The van der Waals surface area contributed by atoms with Crippen molar-refractivity contribution in [3.05, 3.63) is 82.2 Å². The molecule has 38 heavy (non-hydrogen) atoms. The van der Waals surface area contributed by atoms with Crippen LogP contribution in [-0.4, -0.2) is 39.3 Å². The zero-order valence-electron chi connectivity index (χ0n) is 19.7. The van der Waals surface area contributed by atoms with Gasteiger partial charge >= 0.3 is 18.3 Å². The third kappa shape index (κ3) is 8.94. The average Bonchev–Trinajstić information content (AvgIpc) is 3.27. The normalized spacial score (nSPS) is 11.3. The first-order valence-corrected chi connectivity index (χ1v) is 10.8. The molecule has 0 aliphatic heterocycles. The van der Waals surface area contributed by atoms with Crippen LogP contribution >= 0.6 is 0 Å². The van der Waals surface area contributed by atoms with Crippen LogP contribution in [0.25, 0.3) is 0 Å². The molecule has 0 aliphatic carbocycles. The number of nitrogens with two attached hydrogens (primary N) is 1. The first-order chi connectivity index (χ1) is 17.6. The van der Waals surface area contributed by atoms with E-state index in [2.05, 4.69) is 15.5 Å². The van der Waals surface area contributed by atoms with Crippen molar-refractivity contribution in [2.75, 3.05) is 5.32 Å². The van der Waals surface area contributed by atoms with Gasteiger partial charge in [-0.25, -0.2) is 4.79 Å². The first-order valence-electron chi connectivity index (χ1n) is 10.8. The number of aryl methyl sites for hydroxylation is 3. The number of aromatic amines is 1. The van der Waals surface area contributed by atoms with Crippen LogP contribution < -0.4 is 11.1 Å². The molecule has 2 aromatic carbocycles. The minimum atomic E-state index is -5.08. The molecule has 0 saturated carbocycles. The number of benzene rings is 2. The van der Waals surface area contributed by atoms with Gasteiger partial charge in [-0.15, -0.1) is 0 Å². The van der Waals surface area contributed by atoms with Crippen molar-refractivity contribution in [3.63, 3.8) is 0 Å². The third-order valence-electron chi connectivity index (χ3n) is 5.07. The van der Waals surface area contributed by atoms with Crippen LogP contribution in [0.3, 0.4) is 0 Å². The number of rotatable bonds is 7. The Morgan fingerprint density at radius 3 is 2.24 bits per heavy atom. The molecule has 0 bridgehead atoms. The number of nitrogens with one attached hydrogen (secondary N) is 2. The number of anilines is 1. The van der Waals surface area contributed by atoms with Crippen molar-refractivity contribution >= 4 is 23.5 Å². The molecule has 1 heterocycles. The van der Waals surface area contributed by atoms with Crippen LogP contribution in [0.2, 0.25) is 0 Å². The van der Waals surface area contributed by atoms with Gasteiger partial charge in [-0.05, 0) is 54.7 Å². The van der Waals surface area contributed by atoms with E-state index in [0.717, 1.165) is 11.6 Å². The predicted octanol–water partition coefficient (Wildman–Crippen LogP) is 4.44. The summed E-state index contributed by atoms with van der Waals surface area (Å²) in [6, 6.07) is 11.0. The SMILES string of the molecule is Cc1ccc(CC(=O)Nc2cccc(CCc3cn[nH]c3C(N)=O)c2)cc1C(F)(F)F.O=C(O)C(F)(F)F. The van der Waals surface area contributed by atoms with Crippen molar-refractivity contribution < 1.29 is 45.8 Å². The van der Waals surface area contributed by atoms with Gasteiger partial charge in [0.05, 0.1) is 18.2 Å². The Kier molecular flexibility index (Phi) is 9.63. The molecular formula is C24H22F6N4O4. The van der Waals surface area contributed by atoms with E-state index in [1.807, 2.05) is 6.07 Å². The zero-order valence-corrected chi connectivity index (χ0v) is 19.7. The summed E-state index contributed by atoms with van der Waals surface area (Å²) in [6.45, 7) is 1.38. The van der Waals surface area contributed by atoms with Crippen molar-refractivity contribution in [1.82, 2.24) is 10.2 Å². The van der Waals surface area contributed by atoms with Crippen LogP contribution in [0.1, 0.15) is 38.3 Å². The van der Waals surface area contributed by atoms with E-state index < -0.39 is 35.7 Å². The van der Waals surface area contributed by atoms with E-state index in [1.54, 1.807) is 24.4 Å². The number of carboxylic acid groups (broad SMARTS) is 1. The molecule has 204 valence electrons. The van der Waals surface area contributed by atoms with E-state index >= 15 is 0 Å². The maximum Gasteiger partial charge on any atom is 0.490 e. The van der Waals surface area contributed by atoms with Gasteiger partial charge in [0.2, 0.25) is 5.91 Å². The van der Waals surface area contributed by atoms with Crippen LogP contribution in [0.15, 0.2) is 48.7 Å². The van der Waals surface area contributed by atoms with Crippen LogP contribution in [0.4, 0.5) is 32.0 Å². The summed E-state index contributed by atoms with van der Waals surface area (Å²) in [5, 5.41) is 16.2. The number of carboxylic acids is 1. The van der Waals surface area contributed by atoms with Gasteiger partial charge in [-0.2, -0.15) is 31.4 Å². The van der Waals surface area contributed by atoms with Crippen molar-refractivity contribution in [3.8, 4) is 0 Å². The Morgan fingerprint density at radius 1 is 1.00 bits per heavy atom. The van der Waals surface area contributed by atoms with Gasteiger partial charge < -0.3 is 16.2 Å². The molecule has 5 N–H and O–H groups in total. The highest BCUT2D eigenvalue weighted by Crippen LogP contribution is 2.32. The Morgan fingerprint density at radius 2 is 1.66 bits per heavy atom. The lowest BCUT2D eigenvalue weighted by atomic mass is 10.0. The number of nitrogens with zero attached hydrogens (tertiary/aromatic N) is 1. The fourth-order valence-electron chi connectivity index (χ4n) is 3.27. The zero-order chi connectivity index (χ0) is 28.7. The van der Waals surface area contributed by atoms with E-state index in [4.69, 9.17) is 15.6 Å². The fraction of sp³-hybridized carbons (Fsp3) is 0.250. The average molecular weight is 544 g/mol. The lowest BCUT2D eigenvalue weighted by Gasteiger charge is -2.12. The number of hydrogen-bond donors (Lipinski definition) is 4. The topological polar surface area (TPSA) is 138 Å². The quantitative estimate of drug-likeness (QED) is 0.326. The molecule has 8 nitrogen and oxygen atoms in total. The van der Waals surface area contributed by atoms with E-state index in [9.17, 15) is 35.9 Å². The number of hydrogen-bond acceptors (Lipinski definition) is 4.